The Morgan fingerprint density at radius 2 is 1.86 bits per heavy atom. The van der Waals surface area contributed by atoms with Crippen LogP contribution in [0.2, 0.25) is 0 Å². The lowest BCUT2D eigenvalue weighted by molar-refractivity contribution is -0.127. The van der Waals surface area contributed by atoms with Crippen LogP contribution in [0.4, 0.5) is 0 Å². The molecule has 2 aromatic carbocycles. The van der Waals surface area contributed by atoms with Gasteiger partial charge in [0.25, 0.3) is 0 Å². The van der Waals surface area contributed by atoms with E-state index in [9.17, 15) is 4.79 Å². The van der Waals surface area contributed by atoms with Gasteiger partial charge in [0.05, 0.1) is 5.41 Å². The van der Waals surface area contributed by atoms with E-state index in [1.54, 1.807) is 0 Å². The first-order chi connectivity index (χ1) is 10.2. The minimum atomic E-state index is -0.294. The smallest absolute Gasteiger partial charge is 0.227 e. The van der Waals surface area contributed by atoms with Gasteiger partial charge in [0, 0.05) is 16.9 Å². The maximum atomic E-state index is 12.6. The first-order valence-corrected chi connectivity index (χ1v) is 8.12. The molecule has 2 nitrogen and oxygen atoms in total. The Morgan fingerprint density at radius 3 is 2.57 bits per heavy atom. The van der Waals surface area contributed by atoms with Gasteiger partial charge in [0.2, 0.25) is 5.91 Å². The molecule has 1 saturated heterocycles. The van der Waals surface area contributed by atoms with Crippen molar-refractivity contribution in [1.82, 2.24) is 5.32 Å². The molecule has 4 rings (SSSR count). The molecule has 1 aliphatic heterocycles. The van der Waals surface area contributed by atoms with Gasteiger partial charge in [-0.3, -0.25) is 4.79 Å². The molecule has 2 unspecified atom stereocenters. The Bertz CT molecular complexity index is 709. The largest absolute Gasteiger partial charge is 0.356 e. The van der Waals surface area contributed by atoms with Crippen LogP contribution in [0.3, 0.4) is 0 Å². The molecule has 106 valence electrons. The zero-order chi connectivity index (χ0) is 14.4. The number of halogens is 1. The SMILES string of the molecule is O=C1NCCC12Cc1ccccc1C2c1ccc(Br)cc1. The van der Waals surface area contributed by atoms with Crippen LogP contribution in [0.25, 0.3) is 0 Å². The van der Waals surface area contributed by atoms with Crippen molar-refractivity contribution in [3.05, 3.63) is 69.7 Å². The Labute approximate surface area is 132 Å². The number of hydrogen-bond donors (Lipinski definition) is 1. The number of hydrogen-bond acceptors (Lipinski definition) is 1. The van der Waals surface area contributed by atoms with Crippen molar-refractivity contribution in [3.63, 3.8) is 0 Å². The molecule has 2 aromatic rings. The van der Waals surface area contributed by atoms with Crippen molar-refractivity contribution in [1.29, 1.82) is 0 Å². The summed E-state index contributed by atoms with van der Waals surface area (Å²) in [5.74, 6) is 0.385. The average molecular weight is 342 g/mol. The lowest BCUT2D eigenvalue weighted by atomic mass is 9.71. The summed E-state index contributed by atoms with van der Waals surface area (Å²) >= 11 is 3.49. The second-order valence-corrected chi connectivity index (χ2v) is 6.94. The van der Waals surface area contributed by atoms with Gasteiger partial charge in [-0.05, 0) is 41.7 Å². The number of amides is 1. The monoisotopic (exact) mass is 341 g/mol. The predicted molar refractivity (Wildman–Crippen MR) is 86.2 cm³/mol. The second-order valence-electron chi connectivity index (χ2n) is 6.02. The number of benzene rings is 2. The summed E-state index contributed by atoms with van der Waals surface area (Å²) in [7, 11) is 0. The second kappa shape index (κ2) is 4.70. The van der Waals surface area contributed by atoms with Crippen molar-refractivity contribution >= 4 is 21.8 Å². The minimum absolute atomic E-state index is 0.171. The molecule has 0 aromatic heterocycles. The maximum absolute atomic E-state index is 12.6. The third-order valence-corrected chi connectivity index (χ3v) is 5.47. The summed E-state index contributed by atoms with van der Waals surface area (Å²) in [5.41, 5.74) is 3.58. The Kier molecular flexibility index (Phi) is 2.93. The summed E-state index contributed by atoms with van der Waals surface area (Å²) in [6.07, 6.45) is 1.77. The van der Waals surface area contributed by atoms with E-state index in [0.717, 1.165) is 23.9 Å². The topological polar surface area (TPSA) is 29.1 Å². The van der Waals surface area contributed by atoms with E-state index < -0.39 is 0 Å². The van der Waals surface area contributed by atoms with E-state index in [2.05, 4.69) is 69.8 Å². The highest BCUT2D eigenvalue weighted by Crippen LogP contribution is 2.54. The van der Waals surface area contributed by atoms with Gasteiger partial charge in [-0.2, -0.15) is 0 Å². The van der Waals surface area contributed by atoms with E-state index in [1.165, 1.54) is 16.7 Å². The molecule has 21 heavy (non-hydrogen) atoms. The predicted octanol–water partition coefficient (Wildman–Crippen LogP) is 3.64. The highest BCUT2D eigenvalue weighted by atomic mass is 79.9. The van der Waals surface area contributed by atoms with Crippen LogP contribution in [-0.4, -0.2) is 12.5 Å². The molecule has 1 heterocycles. The molecule has 3 heteroatoms. The summed E-state index contributed by atoms with van der Waals surface area (Å²) in [4.78, 5) is 12.6. The molecule has 2 atom stereocenters. The molecular formula is C18H16BrNO. The zero-order valence-electron chi connectivity index (χ0n) is 11.6. The van der Waals surface area contributed by atoms with Crippen molar-refractivity contribution in [3.8, 4) is 0 Å². The number of rotatable bonds is 1. The fraction of sp³-hybridized carbons (Fsp3) is 0.278. The first kappa shape index (κ1) is 13.1. The third kappa shape index (κ3) is 1.87. The highest BCUT2D eigenvalue weighted by molar-refractivity contribution is 9.10. The van der Waals surface area contributed by atoms with Crippen LogP contribution < -0.4 is 5.32 Å². The van der Waals surface area contributed by atoms with Gasteiger partial charge in [-0.1, -0.05) is 52.3 Å². The van der Waals surface area contributed by atoms with Crippen LogP contribution in [0.1, 0.15) is 29.0 Å². The summed E-state index contributed by atoms with van der Waals surface area (Å²) in [6.45, 7) is 0.792. The van der Waals surface area contributed by atoms with Crippen LogP contribution in [0.15, 0.2) is 53.0 Å². The minimum Gasteiger partial charge on any atom is -0.356 e. The zero-order valence-corrected chi connectivity index (χ0v) is 13.2. The number of carbonyl (C=O) groups is 1. The Hall–Kier alpha value is -1.61. The van der Waals surface area contributed by atoms with E-state index in [4.69, 9.17) is 0 Å². The van der Waals surface area contributed by atoms with Gasteiger partial charge in [-0.25, -0.2) is 0 Å². The average Bonchev–Trinajstić information content (AvgIpc) is 3.02. The Balaban J connectivity index is 1.90. The van der Waals surface area contributed by atoms with Crippen LogP contribution >= 0.6 is 15.9 Å². The van der Waals surface area contributed by atoms with Crippen molar-refractivity contribution < 1.29 is 4.79 Å². The number of nitrogens with one attached hydrogen (secondary N) is 1. The third-order valence-electron chi connectivity index (χ3n) is 4.94. The van der Waals surface area contributed by atoms with Gasteiger partial charge in [0.15, 0.2) is 0 Å². The van der Waals surface area contributed by atoms with Crippen molar-refractivity contribution in [2.45, 2.75) is 18.8 Å². The lowest BCUT2D eigenvalue weighted by Gasteiger charge is -2.29. The highest BCUT2D eigenvalue weighted by Gasteiger charge is 2.54. The summed E-state index contributed by atoms with van der Waals surface area (Å²) in [6, 6.07) is 16.9. The van der Waals surface area contributed by atoms with E-state index in [-0.39, 0.29) is 17.2 Å². The molecule has 2 aliphatic rings. The van der Waals surface area contributed by atoms with Gasteiger partial charge in [0.1, 0.15) is 0 Å². The molecule has 1 spiro atoms. The molecular weight excluding hydrogens is 326 g/mol. The van der Waals surface area contributed by atoms with Crippen LogP contribution in [-0.2, 0) is 11.2 Å². The van der Waals surface area contributed by atoms with Gasteiger partial charge < -0.3 is 5.32 Å². The van der Waals surface area contributed by atoms with Gasteiger partial charge in [-0.15, -0.1) is 0 Å². The molecule has 0 saturated carbocycles. The molecule has 1 N–H and O–H groups in total. The van der Waals surface area contributed by atoms with E-state index in [1.807, 2.05) is 0 Å². The molecule has 1 fully saturated rings. The van der Waals surface area contributed by atoms with Gasteiger partial charge >= 0.3 is 0 Å². The molecule has 0 bridgehead atoms. The van der Waals surface area contributed by atoms with Crippen molar-refractivity contribution in [2.75, 3.05) is 6.54 Å². The Morgan fingerprint density at radius 1 is 1.10 bits per heavy atom. The standard InChI is InChI=1S/C18H16BrNO/c19-14-7-5-12(6-8-14)16-15-4-2-1-3-13(15)11-18(16)9-10-20-17(18)21/h1-8,16H,9-11H2,(H,20,21). The maximum Gasteiger partial charge on any atom is 0.227 e. The first-order valence-electron chi connectivity index (χ1n) is 7.32. The molecule has 0 radical (unpaired) electrons. The fourth-order valence-corrected chi connectivity index (χ4v) is 4.27. The fourth-order valence-electron chi connectivity index (χ4n) is 4.00. The number of fused-ring (bicyclic) bond motifs is 1. The van der Waals surface area contributed by atoms with E-state index >= 15 is 0 Å². The lowest BCUT2D eigenvalue weighted by Crippen LogP contribution is -2.35. The number of carbonyl (C=O) groups excluding carboxylic acids is 1. The van der Waals surface area contributed by atoms with Crippen LogP contribution in [0.5, 0.6) is 0 Å². The quantitative estimate of drug-likeness (QED) is 0.842. The molecule has 1 aliphatic carbocycles. The normalized spacial score (nSPS) is 26.9. The van der Waals surface area contributed by atoms with Crippen LogP contribution in [0, 0.1) is 5.41 Å². The van der Waals surface area contributed by atoms with E-state index in [0.29, 0.717) is 0 Å². The summed E-state index contributed by atoms with van der Waals surface area (Å²) < 4.78 is 1.07. The van der Waals surface area contributed by atoms with Crippen molar-refractivity contribution in [2.24, 2.45) is 5.41 Å². The molecule has 1 amide bonds. The summed E-state index contributed by atoms with van der Waals surface area (Å²) in [5, 5.41) is 3.05.